The van der Waals surface area contributed by atoms with Gasteiger partial charge in [-0.3, -0.25) is 4.79 Å². The first-order valence-corrected chi connectivity index (χ1v) is 7.44. The minimum Gasteiger partial charge on any atom is -0.493 e. The molecule has 0 aliphatic rings. The van der Waals surface area contributed by atoms with Crippen molar-refractivity contribution in [1.29, 1.82) is 0 Å². The molecule has 19 heavy (non-hydrogen) atoms. The number of benzene rings is 1. The maximum Gasteiger partial charge on any atom is 0.313 e. The summed E-state index contributed by atoms with van der Waals surface area (Å²) in [5, 5.41) is 9.24. The number of hydrogen-bond donors (Lipinski definition) is 1. The quantitative estimate of drug-likeness (QED) is 0.643. The molecule has 1 aromatic rings. The minimum atomic E-state index is -0.294. The van der Waals surface area contributed by atoms with Crippen molar-refractivity contribution >= 4 is 17.7 Å². The Morgan fingerprint density at radius 3 is 2.58 bits per heavy atom. The van der Waals surface area contributed by atoms with Crippen molar-refractivity contribution in [2.75, 3.05) is 13.4 Å². The lowest BCUT2D eigenvalue weighted by Crippen LogP contribution is -2.16. The smallest absolute Gasteiger partial charge is 0.313 e. The van der Waals surface area contributed by atoms with E-state index in [4.69, 9.17) is 9.47 Å². The van der Waals surface area contributed by atoms with Gasteiger partial charge in [-0.25, -0.2) is 0 Å². The monoisotopic (exact) mass is 284 g/mol. The Bertz CT molecular complexity index is 443. The summed E-state index contributed by atoms with van der Waals surface area (Å²) < 4.78 is 10.7. The van der Waals surface area contributed by atoms with E-state index < -0.39 is 0 Å². The van der Waals surface area contributed by atoms with Gasteiger partial charge < -0.3 is 14.6 Å². The molecule has 0 fully saturated rings. The van der Waals surface area contributed by atoms with Crippen LogP contribution in [0.15, 0.2) is 12.1 Å². The molecule has 1 rings (SSSR count). The Kier molecular flexibility index (Phi) is 6.18. The van der Waals surface area contributed by atoms with Crippen molar-refractivity contribution in [2.45, 2.75) is 26.2 Å². The Hall–Kier alpha value is -1.20. The van der Waals surface area contributed by atoms with Crippen LogP contribution in [-0.2, 0) is 17.2 Å². The lowest BCUT2D eigenvalue weighted by Gasteiger charge is -2.16. The fourth-order valence-corrected chi connectivity index (χ4v) is 2.09. The third kappa shape index (κ3) is 4.14. The van der Waals surface area contributed by atoms with Gasteiger partial charge in [-0.1, -0.05) is 13.8 Å². The van der Waals surface area contributed by atoms with Gasteiger partial charge in [-0.2, -0.15) is 11.8 Å². The highest BCUT2D eigenvalue weighted by Gasteiger charge is 2.18. The molecule has 0 unspecified atom stereocenters. The van der Waals surface area contributed by atoms with Gasteiger partial charge in [0, 0.05) is 11.3 Å². The number of rotatable bonds is 6. The Balaban J connectivity index is 3.20. The van der Waals surface area contributed by atoms with Crippen molar-refractivity contribution < 1.29 is 19.4 Å². The number of methoxy groups -OCH3 is 1. The number of esters is 1. The van der Waals surface area contributed by atoms with Gasteiger partial charge in [-0.05, 0) is 24.0 Å². The van der Waals surface area contributed by atoms with Crippen molar-refractivity contribution in [3.63, 3.8) is 0 Å². The van der Waals surface area contributed by atoms with Gasteiger partial charge in [0.2, 0.25) is 0 Å². The molecule has 0 spiro atoms. The lowest BCUT2D eigenvalue weighted by molar-refractivity contribution is -0.137. The normalized spacial score (nSPS) is 10.6. The predicted octanol–water partition coefficient (Wildman–Crippen LogP) is 2.61. The molecule has 0 aromatic heterocycles. The molecule has 0 heterocycles. The van der Waals surface area contributed by atoms with Crippen LogP contribution in [0.4, 0.5) is 0 Å². The van der Waals surface area contributed by atoms with Crippen LogP contribution in [0.2, 0.25) is 0 Å². The SMILES string of the molecule is COc1cc(CO)cc(CSC)c1OC(=O)C(C)C. The van der Waals surface area contributed by atoms with Crippen LogP contribution in [-0.4, -0.2) is 24.4 Å². The van der Waals surface area contributed by atoms with E-state index in [0.717, 1.165) is 11.1 Å². The van der Waals surface area contributed by atoms with E-state index in [1.807, 2.05) is 12.3 Å². The van der Waals surface area contributed by atoms with Crippen molar-refractivity contribution in [3.8, 4) is 11.5 Å². The van der Waals surface area contributed by atoms with E-state index in [9.17, 15) is 9.90 Å². The maximum atomic E-state index is 11.8. The first-order chi connectivity index (χ1) is 9.03. The van der Waals surface area contributed by atoms with Gasteiger partial charge in [0.15, 0.2) is 11.5 Å². The second kappa shape index (κ2) is 7.40. The van der Waals surface area contributed by atoms with Crippen LogP contribution in [0, 0.1) is 5.92 Å². The minimum absolute atomic E-state index is 0.0733. The van der Waals surface area contributed by atoms with Crippen LogP contribution in [0.3, 0.4) is 0 Å². The average Bonchev–Trinajstić information content (AvgIpc) is 2.40. The average molecular weight is 284 g/mol. The van der Waals surface area contributed by atoms with E-state index in [2.05, 4.69) is 0 Å². The molecule has 0 aliphatic heterocycles. The molecule has 5 heteroatoms. The zero-order chi connectivity index (χ0) is 14.4. The number of hydrogen-bond acceptors (Lipinski definition) is 5. The topological polar surface area (TPSA) is 55.8 Å². The Morgan fingerprint density at radius 1 is 1.42 bits per heavy atom. The molecule has 0 bridgehead atoms. The highest BCUT2D eigenvalue weighted by Crippen LogP contribution is 2.35. The second-order valence-electron chi connectivity index (χ2n) is 4.45. The number of aliphatic hydroxyl groups excluding tert-OH is 1. The Morgan fingerprint density at radius 2 is 2.11 bits per heavy atom. The summed E-state index contributed by atoms with van der Waals surface area (Å²) in [6, 6.07) is 3.52. The molecule has 0 aliphatic carbocycles. The van der Waals surface area contributed by atoms with E-state index >= 15 is 0 Å². The molecule has 0 saturated carbocycles. The molecule has 1 N–H and O–H groups in total. The summed E-state index contributed by atoms with van der Waals surface area (Å²) in [7, 11) is 1.52. The molecular weight excluding hydrogens is 264 g/mol. The summed E-state index contributed by atoms with van der Waals surface area (Å²) in [6.45, 7) is 3.49. The predicted molar refractivity (Wildman–Crippen MR) is 76.6 cm³/mol. The molecule has 4 nitrogen and oxygen atoms in total. The molecule has 106 valence electrons. The molecule has 0 amide bonds. The fraction of sp³-hybridized carbons (Fsp3) is 0.500. The fourth-order valence-electron chi connectivity index (χ4n) is 1.56. The molecule has 0 saturated heterocycles. The molecular formula is C14H20O4S. The van der Waals surface area contributed by atoms with E-state index in [0.29, 0.717) is 17.3 Å². The second-order valence-corrected chi connectivity index (χ2v) is 5.32. The van der Waals surface area contributed by atoms with Gasteiger partial charge in [-0.15, -0.1) is 0 Å². The third-order valence-electron chi connectivity index (χ3n) is 2.57. The zero-order valence-corrected chi connectivity index (χ0v) is 12.5. The first kappa shape index (κ1) is 15.9. The largest absolute Gasteiger partial charge is 0.493 e. The van der Waals surface area contributed by atoms with Crippen molar-refractivity contribution in [2.24, 2.45) is 5.92 Å². The number of aliphatic hydroxyl groups is 1. The van der Waals surface area contributed by atoms with Crippen LogP contribution in [0.1, 0.15) is 25.0 Å². The van der Waals surface area contributed by atoms with E-state index in [-0.39, 0.29) is 18.5 Å². The van der Waals surface area contributed by atoms with Crippen LogP contribution in [0.25, 0.3) is 0 Å². The summed E-state index contributed by atoms with van der Waals surface area (Å²) >= 11 is 1.61. The number of carbonyl (C=O) groups excluding carboxylic acids is 1. The van der Waals surface area contributed by atoms with Crippen molar-refractivity contribution in [1.82, 2.24) is 0 Å². The standard InChI is InChI=1S/C14H20O4S/c1-9(2)14(16)18-13-11(8-19-4)5-10(7-15)6-12(13)17-3/h5-6,9,15H,7-8H2,1-4H3. The van der Waals surface area contributed by atoms with Gasteiger partial charge >= 0.3 is 5.97 Å². The summed E-state index contributed by atoms with van der Waals surface area (Å²) in [5.74, 6) is 1.12. The third-order valence-corrected chi connectivity index (χ3v) is 3.17. The van der Waals surface area contributed by atoms with E-state index in [1.54, 1.807) is 31.7 Å². The summed E-state index contributed by atoms with van der Waals surface area (Å²) in [6.07, 6.45) is 1.96. The van der Waals surface area contributed by atoms with Crippen molar-refractivity contribution in [3.05, 3.63) is 23.3 Å². The number of carbonyl (C=O) groups is 1. The van der Waals surface area contributed by atoms with E-state index in [1.165, 1.54) is 7.11 Å². The van der Waals surface area contributed by atoms with Crippen LogP contribution < -0.4 is 9.47 Å². The number of ether oxygens (including phenoxy) is 2. The highest BCUT2D eigenvalue weighted by molar-refractivity contribution is 7.97. The van der Waals surface area contributed by atoms with Crippen LogP contribution in [0.5, 0.6) is 11.5 Å². The molecule has 0 atom stereocenters. The van der Waals surface area contributed by atoms with Crippen LogP contribution >= 0.6 is 11.8 Å². The Labute approximate surface area is 118 Å². The van der Waals surface area contributed by atoms with Gasteiger partial charge in [0.1, 0.15) is 0 Å². The summed E-state index contributed by atoms with van der Waals surface area (Å²) in [4.78, 5) is 11.8. The summed E-state index contributed by atoms with van der Waals surface area (Å²) in [5.41, 5.74) is 1.59. The maximum absolute atomic E-state index is 11.8. The lowest BCUT2D eigenvalue weighted by atomic mass is 10.1. The van der Waals surface area contributed by atoms with Gasteiger partial charge in [0.05, 0.1) is 19.6 Å². The van der Waals surface area contributed by atoms with Gasteiger partial charge in [0.25, 0.3) is 0 Å². The first-order valence-electron chi connectivity index (χ1n) is 6.04. The molecule has 0 radical (unpaired) electrons. The molecule has 1 aromatic carbocycles. The zero-order valence-electron chi connectivity index (χ0n) is 11.7. The number of thioether (sulfide) groups is 1. The highest BCUT2D eigenvalue weighted by atomic mass is 32.2.